The predicted molar refractivity (Wildman–Crippen MR) is 97.3 cm³/mol. The predicted octanol–water partition coefficient (Wildman–Crippen LogP) is 5.43. The zero-order valence-corrected chi connectivity index (χ0v) is 14.6. The lowest BCUT2D eigenvalue weighted by Crippen LogP contribution is -2.10. The van der Waals surface area contributed by atoms with Crippen molar-refractivity contribution in [2.45, 2.75) is 13.8 Å². The molecule has 1 amide bonds. The van der Waals surface area contributed by atoms with Crippen molar-refractivity contribution in [2.24, 2.45) is 0 Å². The first kappa shape index (κ1) is 15.8. The molecular formula is C18H16ClNO2S. The molecule has 2 aromatic carbocycles. The van der Waals surface area contributed by atoms with E-state index in [0.717, 1.165) is 27.1 Å². The topological polar surface area (TPSA) is 38.3 Å². The highest BCUT2D eigenvalue weighted by atomic mass is 35.5. The fourth-order valence-corrected chi connectivity index (χ4v) is 3.77. The number of carbonyl (C=O) groups excluding carboxylic acids is 1. The van der Waals surface area contributed by atoms with Gasteiger partial charge in [0, 0.05) is 15.8 Å². The third-order valence-corrected chi connectivity index (χ3v) is 5.46. The lowest BCUT2D eigenvalue weighted by molar-refractivity contribution is 0.103. The molecule has 0 atom stereocenters. The van der Waals surface area contributed by atoms with Crippen molar-refractivity contribution >= 4 is 44.6 Å². The molecule has 1 heterocycles. The van der Waals surface area contributed by atoms with E-state index >= 15 is 0 Å². The summed E-state index contributed by atoms with van der Waals surface area (Å²) >= 11 is 7.74. The van der Waals surface area contributed by atoms with Crippen LogP contribution in [-0.2, 0) is 0 Å². The van der Waals surface area contributed by atoms with E-state index in [4.69, 9.17) is 16.3 Å². The molecule has 0 radical (unpaired) electrons. The van der Waals surface area contributed by atoms with Gasteiger partial charge in [-0.1, -0.05) is 17.7 Å². The SMILES string of the molecule is COc1ccc2c(Cl)c(C(=O)Nc3ccc(C)c(C)c3)sc2c1. The fraction of sp³-hybridized carbons (Fsp3) is 0.167. The van der Waals surface area contributed by atoms with Gasteiger partial charge in [0.05, 0.1) is 12.1 Å². The summed E-state index contributed by atoms with van der Waals surface area (Å²) < 4.78 is 6.15. The number of halogens is 1. The summed E-state index contributed by atoms with van der Waals surface area (Å²) in [7, 11) is 1.61. The molecule has 3 rings (SSSR count). The van der Waals surface area contributed by atoms with E-state index in [2.05, 4.69) is 5.32 Å². The summed E-state index contributed by atoms with van der Waals surface area (Å²) in [6.45, 7) is 4.06. The van der Waals surface area contributed by atoms with Gasteiger partial charge in [0.25, 0.3) is 5.91 Å². The molecule has 5 heteroatoms. The van der Waals surface area contributed by atoms with E-state index in [1.807, 2.05) is 50.2 Å². The van der Waals surface area contributed by atoms with Crippen LogP contribution in [0.15, 0.2) is 36.4 Å². The van der Waals surface area contributed by atoms with Crippen LogP contribution in [0.3, 0.4) is 0 Å². The third kappa shape index (κ3) is 3.05. The number of rotatable bonds is 3. The van der Waals surface area contributed by atoms with Gasteiger partial charge in [-0.3, -0.25) is 4.79 Å². The van der Waals surface area contributed by atoms with Gasteiger partial charge in [-0.05, 0) is 55.3 Å². The number of methoxy groups -OCH3 is 1. The van der Waals surface area contributed by atoms with Gasteiger partial charge in [-0.2, -0.15) is 0 Å². The van der Waals surface area contributed by atoms with Crippen LogP contribution in [0.2, 0.25) is 5.02 Å². The van der Waals surface area contributed by atoms with Crippen molar-refractivity contribution < 1.29 is 9.53 Å². The number of aryl methyl sites for hydroxylation is 2. The van der Waals surface area contributed by atoms with E-state index in [-0.39, 0.29) is 5.91 Å². The Balaban J connectivity index is 1.94. The first-order valence-electron chi connectivity index (χ1n) is 7.14. The number of nitrogens with one attached hydrogen (secondary N) is 1. The molecular weight excluding hydrogens is 330 g/mol. The maximum absolute atomic E-state index is 12.5. The number of ether oxygens (including phenoxy) is 1. The Kier molecular flexibility index (Phi) is 4.28. The molecule has 0 bridgehead atoms. The Labute approximate surface area is 143 Å². The molecule has 0 fully saturated rings. The lowest BCUT2D eigenvalue weighted by Gasteiger charge is -2.06. The molecule has 0 saturated heterocycles. The molecule has 3 nitrogen and oxygen atoms in total. The second-order valence-corrected chi connectivity index (χ2v) is 6.79. The number of carbonyl (C=O) groups is 1. The number of hydrogen-bond donors (Lipinski definition) is 1. The normalized spacial score (nSPS) is 10.8. The summed E-state index contributed by atoms with van der Waals surface area (Å²) in [5, 5.41) is 4.26. The van der Waals surface area contributed by atoms with Crippen molar-refractivity contribution in [3.63, 3.8) is 0 Å². The Bertz CT molecular complexity index is 901. The number of fused-ring (bicyclic) bond motifs is 1. The smallest absolute Gasteiger partial charge is 0.267 e. The molecule has 0 aliphatic carbocycles. The maximum atomic E-state index is 12.5. The minimum atomic E-state index is -0.196. The molecule has 0 aliphatic heterocycles. The van der Waals surface area contributed by atoms with Crippen LogP contribution in [0.5, 0.6) is 5.75 Å². The van der Waals surface area contributed by atoms with Gasteiger partial charge in [0.1, 0.15) is 10.6 Å². The number of benzene rings is 2. The van der Waals surface area contributed by atoms with Crippen molar-refractivity contribution in [3.05, 3.63) is 57.4 Å². The molecule has 0 spiro atoms. The average molecular weight is 346 g/mol. The van der Waals surface area contributed by atoms with Crippen LogP contribution in [0.25, 0.3) is 10.1 Å². The van der Waals surface area contributed by atoms with Gasteiger partial charge in [0.15, 0.2) is 0 Å². The summed E-state index contributed by atoms with van der Waals surface area (Å²) in [5.74, 6) is 0.551. The molecule has 3 aromatic rings. The first-order chi connectivity index (χ1) is 11.0. The highest BCUT2D eigenvalue weighted by molar-refractivity contribution is 7.21. The number of anilines is 1. The van der Waals surface area contributed by atoms with Crippen molar-refractivity contribution in [1.82, 2.24) is 0 Å². The van der Waals surface area contributed by atoms with Crippen LogP contribution in [0, 0.1) is 13.8 Å². The monoisotopic (exact) mass is 345 g/mol. The minimum absolute atomic E-state index is 0.196. The van der Waals surface area contributed by atoms with Gasteiger partial charge in [-0.15, -0.1) is 11.3 Å². The van der Waals surface area contributed by atoms with Crippen molar-refractivity contribution in [1.29, 1.82) is 0 Å². The highest BCUT2D eigenvalue weighted by Gasteiger charge is 2.17. The van der Waals surface area contributed by atoms with Crippen LogP contribution in [0.1, 0.15) is 20.8 Å². The van der Waals surface area contributed by atoms with E-state index < -0.39 is 0 Å². The molecule has 23 heavy (non-hydrogen) atoms. The Morgan fingerprint density at radius 2 is 1.91 bits per heavy atom. The maximum Gasteiger partial charge on any atom is 0.267 e. The molecule has 0 unspecified atom stereocenters. The fourth-order valence-electron chi connectivity index (χ4n) is 2.33. The number of thiophene rings is 1. The van der Waals surface area contributed by atoms with Crippen LogP contribution < -0.4 is 10.1 Å². The Morgan fingerprint density at radius 3 is 2.61 bits per heavy atom. The highest BCUT2D eigenvalue weighted by Crippen LogP contribution is 2.37. The molecule has 0 saturated carbocycles. The summed E-state index contributed by atoms with van der Waals surface area (Å²) in [6, 6.07) is 11.4. The quantitative estimate of drug-likeness (QED) is 0.687. The third-order valence-electron chi connectivity index (χ3n) is 3.81. The first-order valence-corrected chi connectivity index (χ1v) is 8.33. The minimum Gasteiger partial charge on any atom is -0.497 e. The zero-order chi connectivity index (χ0) is 16.6. The van der Waals surface area contributed by atoms with E-state index in [0.29, 0.717) is 9.90 Å². The van der Waals surface area contributed by atoms with E-state index in [1.54, 1.807) is 7.11 Å². The van der Waals surface area contributed by atoms with Gasteiger partial charge in [-0.25, -0.2) is 0 Å². The van der Waals surface area contributed by atoms with Crippen LogP contribution in [-0.4, -0.2) is 13.0 Å². The Morgan fingerprint density at radius 1 is 1.13 bits per heavy atom. The largest absolute Gasteiger partial charge is 0.497 e. The second kappa shape index (κ2) is 6.22. The summed E-state index contributed by atoms with van der Waals surface area (Å²) in [6.07, 6.45) is 0. The standard InChI is InChI=1S/C18H16ClNO2S/c1-10-4-5-12(8-11(10)2)20-18(21)17-16(19)14-7-6-13(22-3)9-15(14)23-17/h4-9H,1-3H3,(H,20,21). The van der Waals surface area contributed by atoms with Gasteiger partial charge < -0.3 is 10.1 Å². The molecule has 1 aromatic heterocycles. The summed E-state index contributed by atoms with van der Waals surface area (Å²) in [4.78, 5) is 13.0. The molecule has 1 N–H and O–H groups in total. The zero-order valence-electron chi connectivity index (χ0n) is 13.1. The van der Waals surface area contributed by atoms with Crippen molar-refractivity contribution in [3.8, 4) is 5.75 Å². The molecule has 0 aliphatic rings. The van der Waals surface area contributed by atoms with Gasteiger partial charge >= 0.3 is 0 Å². The van der Waals surface area contributed by atoms with Crippen molar-refractivity contribution in [2.75, 3.05) is 12.4 Å². The molecule has 118 valence electrons. The van der Waals surface area contributed by atoms with Crippen LogP contribution >= 0.6 is 22.9 Å². The number of amides is 1. The average Bonchev–Trinajstić information content (AvgIpc) is 2.87. The van der Waals surface area contributed by atoms with E-state index in [9.17, 15) is 4.79 Å². The van der Waals surface area contributed by atoms with Gasteiger partial charge in [0.2, 0.25) is 0 Å². The van der Waals surface area contributed by atoms with E-state index in [1.165, 1.54) is 16.9 Å². The Hall–Kier alpha value is -2.04. The second-order valence-electron chi connectivity index (χ2n) is 5.36. The number of hydrogen-bond acceptors (Lipinski definition) is 3. The van der Waals surface area contributed by atoms with Crippen LogP contribution in [0.4, 0.5) is 5.69 Å². The summed E-state index contributed by atoms with van der Waals surface area (Å²) in [5.41, 5.74) is 3.09. The lowest BCUT2D eigenvalue weighted by atomic mass is 10.1.